The van der Waals surface area contributed by atoms with E-state index in [0.29, 0.717) is 0 Å². The molecule has 0 bridgehead atoms. The lowest BCUT2D eigenvalue weighted by atomic mass is 10.0. The molecule has 38 heavy (non-hydrogen) atoms. The molecule has 1 heterocycles. The molecule has 1 aromatic heterocycles. The lowest BCUT2D eigenvalue weighted by Crippen LogP contribution is -2.56. The molecule has 0 saturated carbocycles. The number of alkyl carbamates (subject to hydrolysis) is 1. The number of rotatable bonds is 10. The van der Waals surface area contributed by atoms with Crippen LogP contribution in [0.5, 0.6) is 0 Å². The standard InChI is InChI=1S/C28H34N4O6/c1-17(30-27(37)38-28(2,3)4)24(33)31-22(14-18-10-6-5-7-11-18)25(34)32-23(26(35)36)15-19-16-29-21-13-9-8-12-20(19)21/h5-13,16-17,22-23,29H,14-15H2,1-4H3,(H,30,37)(H,31,33)(H,32,34)(H,35,36)/t17-,22-,23-/m0/s1. The van der Waals surface area contributed by atoms with Crippen LogP contribution in [0, 0.1) is 0 Å². The molecule has 2 aromatic carbocycles. The number of benzene rings is 2. The molecule has 3 atom stereocenters. The summed E-state index contributed by atoms with van der Waals surface area (Å²) in [6, 6.07) is 13.2. The molecule has 202 valence electrons. The number of ether oxygens (including phenoxy) is 1. The average Bonchev–Trinajstić information content (AvgIpc) is 3.25. The molecule has 0 unspecified atom stereocenters. The fourth-order valence-corrected chi connectivity index (χ4v) is 3.90. The van der Waals surface area contributed by atoms with Crippen molar-refractivity contribution in [2.75, 3.05) is 0 Å². The number of carboxylic acid groups (broad SMARTS) is 1. The normalized spacial score (nSPS) is 13.7. The van der Waals surface area contributed by atoms with Gasteiger partial charge in [0.15, 0.2) is 0 Å². The van der Waals surface area contributed by atoms with Crippen molar-refractivity contribution in [3.05, 3.63) is 71.9 Å². The highest BCUT2D eigenvalue weighted by Gasteiger charge is 2.29. The number of aromatic amines is 1. The van der Waals surface area contributed by atoms with E-state index in [-0.39, 0.29) is 12.8 Å². The van der Waals surface area contributed by atoms with E-state index in [0.717, 1.165) is 22.0 Å². The first-order chi connectivity index (χ1) is 17.9. The lowest BCUT2D eigenvalue weighted by Gasteiger charge is -2.24. The fraction of sp³-hybridized carbons (Fsp3) is 0.357. The minimum Gasteiger partial charge on any atom is -0.480 e. The van der Waals surface area contributed by atoms with Crippen LogP contribution in [0.15, 0.2) is 60.8 Å². The molecule has 0 aliphatic rings. The maximum absolute atomic E-state index is 13.3. The van der Waals surface area contributed by atoms with Crippen molar-refractivity contribution in [2.24, 2.45) is 0 Å². The van der Waals surface area contributed by atoms with E-state index in [1.807, 2.05) is 30.3 Å². The number of carboxylic acids is 1. The van der Waals surface area contributed by atoms with Crippen LogP contribution in [0.3, 0.4) is 0 Å². The van der Waals surface area contributed by atoms with Crippen molar-refractivity contribution >= 4 is 34.8 Å². The van der Waals surface area contributed by atoms with Gasteiger partial charge in [0.2, 0.25) is 11.8 Å². The number of amides is 3. The van der Waals surface area contributed by atoms with E-state index < -0.39 is 47.6 Å². The molecule has 0 fully saturated rings. The van der Waals surface area contributed by atoms with Crippen molar-refractivity contribution in [3.8, 4) is 0 Å². The van der Waals surface area contributed by atoms with Crippen LogP contribution < -0.4 is 16.0 Å². The zero-order valence-electron chi connectivity index (χ0n) is 21.9. The van der Waals surface area contributed by atoms with Gasteiger partial charge >= 0.3 is 12.1 Å². The molecule has 10 nitrogen and oxygen atoms in total. The second-order valence-corrected chi connectivity index (χ2v) is 10.1. The van der Waals surface area contributed by atoms with Crippen LogP contribution in [0.1, 0.15) is 38.8 Å². The Morgan fingerprint density at radius 3 is 2.16 bits per heavy atom. The highest BCUT2D eigenvalue weighted by molar-refractivity contribution is 5.93. The van der Waals surface area contributed by atoms with Crippen molar-refractivity contribution in [2.45, 2.75) is 64.3 Å². The SMILES string of the molecule is C[C@H](NC(=O)OC(C)(C)C)C(=O)N[C@@H](Cc1ccccc1)C(=O)N[C@@H](Cc1c[nH]c2ccccc12)C(=O)O. The third kappa shape index (κ3) is 8.09. The van der Waals surface area contributed by atoms with Gasteiger partial charge in [-0.15, -0.1) is 0 Å². The van der Waals surface area contributed by atoms with Crippen LogP contribution in [0.2, 0.25) is 0 Å². The lowest BCUT2D eigenvalue weighted by molar-refractivity contribution is -0.142. The van der Waals surface area contributed by atoms with Crippen LogP contribution in [0.25, 0.3) is 10.9 Å². The molecule has 0 spiro atoms. The van der Waals surface area contributed by atoms with Crippen LogP contribution >= 0.6 is 0 Å². The zero-order valence-corrected chi connectivity index (χ0v) is 21.9. The Kier molecular flexibility index (Phi) is 9.11. The molecule has 3 rings (SSSR count). The number of para-hydroxylation sites is 1. The Hall–Kier alpha value is -4.34. The van der Waals surface area contributed by atoms with Crippen LogP contribution in [-0.2, 0) is 32.0 Å². The molecular weight excluding hydrogens is 488 g/mol. The number of hydrogen-bond donors (Lipinski definition) is 5. The van der Waals surface area contributed by atoms with Gasteiger partial charge in [0.1, 0.15) is 23.7 Å². The summed E-state index contributed by atoms with van der Waals surface area (Å²) in [7, 11) is 0. The summed E-state index contributed by atoms with van der Waals surface area (Å²) < 4.78 is 5.19. The Labute approximate surface area is 221 Å². The summed E-state index contributed by atoms with van der Waals surface area (Å²) in [5.41, 5.74) is 1.63. The predicted octanol–water partition coefficient (Wildman–Crippen LogP) is 2.92. The predicted molar refractivity (Wildman–Crippen MR) is 142 cm³/mol. The smallest absolute Gasteiger partial charge is 0.408 e. The quantitative estimate of drug-likeness (QED) is 0.276. The van der Waals surface area contributed by atoms with E-state index >= 15 is 0 Å². The third-order valence-corrected chi connectivity index (χ3v) is 5.76. The molecular formula is C28H34N4O6. The number of carbonyl (C=O) groups is 4. The highest BCUT2D eigenvalue weighted by atomic mass is 16.6. The van der Waals surface area contributed by atoms with Gasteiger partial charge in [-0.3, -0.25) is 9.59 Å². The van der Waals surface area contributed by atoms with Gasteiger partial charge < -0.3 is 30.8 Å². The first-order valence-electron chi connectivity index (χ1n) is 12.3. The number of nitrogens with one attached hydrogen (secondary N) is 4. The second kappa shape index (κ2) is 12.3. The van der Waals surface area contributed by atoms with Crippen molar-refractivity contribution < 1.29 is 29.0 Å². The molecule has 0 aliphatic heterocycles. The third-order valence-electron chi connectivity index (χ3n) is 5.76. The topological polar surface area (TPSA) is 150 Å². The summed E-state index contributed by atoms with van der Waals surface area (Å²) in [5, 5.41) is 18.4. The first-order valence-corrected chi connectivity index (χ1v) is 12.3. The molecule has 5 N–H and O–H groups in total. The van der Waals surface area contributed by atoms with Crippen LogP contribution in [0.4, 0.5) is 4.79 Å². The molecule has 0 radical (unpaired) electrons. The summed E-state index contributed by atoms with van der Waals surface area (Å²) in [6.07, 6.45) is 1.12. The van der Waals surface area contributed by atoms with Gasteiger partial charge in [0.05, 0.1) is 0 Å². The van der Waals surface area contributed by atoms with Gasteiger partial charge in [0.25, 0.3) is 0 Å². The minimum atomic E-state index is -1.23. The van der Waals surface area contributed by atoms with Crippen molar-refractivity contribution in [1.29, 1.82) is 0 Å². The fourth-order valence-electron chi connectivity index (χ4n) is 3.90. The number of H-pyrrole nitrogens is 1. The minimum absolute atomic E-state index is 0.0493. The summed E-state index contributed by atoms with van der Waals surface area (Å²) in [6.45, 7) is 6.57. The molecule has 3 aromatic rings. The van der Waals surface area contributed by atoms with Crippen molar-refractivity contribution in [1.82, 2.24) is 20.9 Å². The molecule has 10 heteroatoms. The van der Waals surface area contributed by atoms with Gasteiger partial charge in [0, 0.05) is 29.9 Å². The zero-order chi connectivity index (χ0) is 27.9. The Morgan fingerprint density at radius 2 is 1.50 bits per heavy atom. The van der Waals surface area contributed by atoms with E-state index in [9.17, 15) is 24.3 Å². The monoisotopic (exact) mass is 522 g/mol. The second-order valence-electron chi connectivity index (χ2n) is 10.1. The van der Waals surface area contributed by atoms with E-state index in [1.54, 1.807) is 51.2 Å². The van der Waals surface area contributed by atoms with Crippen LogP contribution in [-0.4, -0.2) is 57.7 Å². The average molecular weight is 523 g/mol. The van der Waals surface area contributed by atoms with E-state index in [2.05, 4.69) is 20.9 Å². The highest BCUT2D eigenvalue weighted by Crippen LogP contribution is 2.19. The largest absolute Gasteiger partial charge is 0.480 e. The maximum Gasteiger partial charge on any atom is 0.408 e. The molecule has 0 saturated heterocycles. The van der Waals surface area contributed by atoms with E-state index in [1.165, 1.54) is 6.92 Å². The maximum atomic E-state index is 13.3. The summed E-state index contributed by atoms with van der Waals surface area (Å²) >= 11 is 0. The van der Waals surface area contributed by atoms with Gasteiger partial charge in [-0.25, -0.2) is 9.59 Å². The Morgan fingerprint density at radius 1 is 0.868 bits per heavy atom. The number of aliphatic carboxylic acids is 1. The van der Waals surface area contributed by atoms with Gasteiger partial charge in [-0.2, -0.15) is 0 Å². The van der Waals surface area contributed by atoms with Gasteiger partial charge in [-0.05, 0) is 44.9 Å². The van der Waals surface area contributed by atoms with Gasteiger partial charge in [-0.1, -0.05) is 48.5 Å². The summed E-state index contributed by atoms with van der Waals surface area (Å²) in [5.74, 6) is -2.47. The van der Waals surface area contributed by atoms with E-state index in [4.69, 9.17) is 4.74 Å². The number of hydrogen-bond acceptors (Lipinski definition) is 5. The summed E-state index contributed by atoms with van der Waals surface area (Å²) in [4.78, 5) is 53.5. The first kappa shape index (κ1) is 28.2. The molecule has 0 aliphatic carbocycles. The number of aromatic nitrogens is 1. The Bertz CT molecular complexity index is 1280. The van der Waals surface area contributed by atoms with Crippen molar-refractivity contribution in [3.63, 3.8) is 0 Å². The Balaban J connectivity index is 1.74. The number of fused-ring (bicyclic) bond motifs is 1. The molecule has 3 amide bonds. The number of carbonyl (C=O) groups excluding carboxylic acids is 3.